The maximum atomic E-state index is 11.1. The average molecular weight is 273 g/mol. The quantitative estimate of drug-likeness (QED) is 0.804. The van der Waals surface area contributed by atoms with Gasteiger partial charge in [0.1, 0.15) is 9.84 Å². The molecule has 0 aliphatic rings. The van der Waals surface area contributed by atoms with E-state index in [-0.39, 0.29) is 11.7 Å². The summed E-state index contributed by atoms with van der Waals surface area (Å²) in [6, 6.07) is 0. The smallest absolute Gasteiger partial charge is 0.147 e. The van der Waals surface area contributed by atoms with Crippen molar-refractivity contribution in [3.05, 3.63) is 18.2 Å². The van der Waals surface area contributed by atoms with Crippen LogP contribution in [0, 0.1) is 5.92 Å². The highest BCUT2D eigenvalue weighted by atomic mass is 32.2. The number of hydrogen-bond acceptors (Lipinski definition) is 4. The van der Waals surface area contributed by atoms with Crippen LogP contribution in [0.25, 0.3) is 0 Å². The Hall–Kier alpha value is -0.880. The standard InChI is InChI=1S/C12H23N3O2S/c1-10(2)11(7-13)12-8-14-9-15(12)5-4-6-18(3,16)17/h8-11H,4-7,13H2,1-3H3. The minimum absolute atomic E-state index is 0.208. The third kappa shape index (κ3) is 4.42. The maximum Gasteiger partial charge on any atom is 0.147 e. The van der Waals surface area contributed by atoms with Crippen LogP contribution >= 0.6 is 0 Å². The number of imidazole rings is 1. The van der Waals surface area contributed by atoms with Gasteiger partial charge in [-0.05, 0) is 12.3 Å². The van der Waals surface area contributed by atoms with Gasteiger partial charge < -0.3 is 10.3 Å². The molecule has 18 heavy (non-hydrogen) atoms. The average Bonchev–Trinajstić information content (AvgIpc) is 2.65. The molecule has 0 fully saturated rings. The van der Waals surface area contributed by atoms with E-state index in [0.29, 0.717) is 25.4 Å². The van der Waals surface area contributed by atoms with E-state index in [4.69, 9.17) is 5.73 Å². The molecular formula is C12H23N3O2S. The van der Waals surface area contributed by atoms with Gasteiger partial charge in [-0.2, -0.15) is 0 Å². The Balaban J connectivity index is 2.70. The molecule has 0 bridgehead atoms. The molecule has 0 saturated heterocycles. The maximum absolute atomic E-state index is 11.1. The van der Waals surface area contributed by atoms with Crippen LogP contribution in [0.4, 0.5) is 0 Å². The first kappa shape index (κ1) is 15.2. The topological polar surface area (TPSA) is 78.0 Å². The lowest BCUT2D eigenvalue weighted by atomic mass is 9.93. The Kier molecular flexibility index (Phi) is 5.34. The fraction of sp³-hybridized carbons (Fsp3) is 0.750. The summed E-state index contributed by atoms with van der Waals surface area (Å²) in [6.07, 6.45) is 5.46. The van der Waals surface area contributed by atoms with Crippen molar-refractivity contribution < 1.29 is 8.42 Å². The SMILES string of the molecule is CC(C)C(CN)c1cncn1CCCS(C)(=O)=O. The molecule has 1 aromatic rings. The lowest BCUT2D eigenvalue weighted by Gasteiger charge is -2.20. The molecule has 0 radical (unpaired) electrons. The van der Waals surface area contributed by atoms with E-state index in [2.05, 4.69) is 18.8 Å². The van der Waals surface area contributed by atoms with Crippen LogP contribution in [0.5, 0.6) is 0 Å². The second-order valence-corrected chi connectivity index (χ2v) is 7.34. The summed E-state index contributed by atoms with van der Waals surface area (Å²) in [5.41, 5.74) is 6.89. The van der Waals surface area contributed by atoms with Crippen LogP contribution in [0.1, 0.15) is 31.9 Å². The van der Waals surface area contributed by atoms with E-state index in [1.54, 1.807) is 6.33 Å². The van der Waals surface area contributed by atoms with Crippen molar-refractivity contribution in [3.8, 4) is 0 Å². The molecule has 0 saturated carbocycles. The molecule has 104 valence electrons. The van der Waals surface area contributed by atoms with Crippen LogP contribution in [0.3, 0.4) is 0 Å². The van der Waals surface area contributed by atoms with Gasteiger partial charge in [0.15, 0.2) is 0 Å². The largest absolute Gasteiger partial charge is 0.334 e. The summed E-state index contributed by atoms with van der Waals surface area (Å²) in [4.78, 5) is 4.15. The van der Waals surface area contributed by atoms with Gasteiger partial charge in [0.2, 0.25) is 0 Å². The van der Waals surface area contributed by atoms with Crippen LogP contribution in [0.15, 0.2) is 12.5 Å². The van der Waals surface area contributed by atoms with Gasteiger partial charge in [0.25, 0.3) is 0 Å². The normalized spacial score (nSPS) is 14.1. The predicted octanol–water partition coefficient (Wildman–Crippen LogP) is 1.02. The molecule has 1 heterocycles. The van der Waals surface area contributed by atoms with Gasteiger partial charge in [-0.1, -0.05) is 13.8 Å². The molecule has 1 rings (SSSR count). The Bertz CT molecular complexity index is 465. The van der Waals surface area contributed by atoms with Crippen LogP contribution in [0.2, 0.25) is 0 Å². The lowest BCUT2D eigenvalue weighted by molar-refractivity contribution is 0.470. The van der Waals surface area contributed by atoms with Crippen LogP contribution in [-0.4, -0.2) is 36.5 Å². The van der Waals surface area contributed by atoms with E-state index >= 15 is 0 Å². The van der Waals surface area contributed by atoms with Crippen LogP contribution in [-0.2, 0) is 16.4 Å². The number of nitrogens with two attached hydrogens (primary N) is 1. The molecule has 1 aromatic heterocycles. The number of nitrogens with zero attached hydrogens (tertiary/aromatic N) is 2. The molecule has 6 heteroatoms. The molecule has 0 aromatic carbocycles. The van der Waals surface area contributed by atoms with Gasteiger partial charge in [0.05, 0.1) is 12.1 Å². The second kappa shape index (κ2) is 6.33. The third-order valence-corrected chi connectivity index (χ3v) is 4.13. The van der Waals surface area contributed by atoms with E-state index in [1.165, 1.54) is 6.26 Å². The highest BCUT2D eigenvalue weighted by Crippen LogP contribution is 2.23. The summed E-state index contributed by atoms with van der Waals surface area (Å²) in [5, 5.41) is 0. The Labute approximate surface area is 109 Å². The van der Waals surface area contributed by atoms with Crippen molar-refractivity contribution in [2.75, 3.05) is 18.6 Å². The van der Waals surface area contributed by atoms with E-state index in [0.717, 1.165) is 5.69 Å². The highest BCUT2D eigenvalue weighted by Gasteiger charge is 2.18. The summed E-state index contributed by atoms with van der Waals surface area (Å²) >= 11 is 0. The molecule has 1 unspecified atom stereocenters. The molecule has 0 aliphatic carbocycles. The van der Waals surface area contributed by atoms with Crippen molar-refractivity contribution in [2.24, 2.45) is 11.7 Å². The molecule has 0 amide bonds. The van der Waals surface area contributed by atoms with Crippen LogP contribution < -0.4 is 5.73 Å². The second-order valence-electron chi connectivity index (χ2n) is 5.08. The van der Waals surface area contributed by atoms with Crippen molar-refractivity contribution in [1.82, 2.24) is 9.55 Å². The molecule has 0 spiro atoms. The first-order valence-corrected chi connectivity index (χ1v) is 8.29. The van der Waals surface area contributed by atoms with Gasteiger partial charge in [-0.3, -0.25) is 0 Å². The van der Waals surface area contributed by atoms with E-state index in [1.807, 2.05) is 10.8 Å². The fourth-order valence-electron chi connectivity index (χ4n) is 2.06. The summed E-state index contributed by atoms with van der Waals surface area (Å²) < 4.78 is 24.2. The molecule has 1 atom stereocenters. The molecular weight excluding hydrogens is 250 g/mol. The predicted molar refractivity (Wildman–Crippen MR) is 73.2 cm³/mol. The fourth-order valence-corrected chi connectivity index (χ4v) is 2.71. The number of aromatic nitrogens is 2. The Morgan fingerprint density at radius 2 is 2.11 bits per heavy atom. The number of hydrogen-bond donors (Lipinski definition) is 1. The van der Waals surface area contributed by atoms with Gasteiger partial charge in [0, 0.05) is 37.2 Å². The van der Waals surface area contributed by atoms with E-state index < -0.39 is 9.84 Å². The zero-order chi connectivity index (χ0) is 13.8. The first-order valence-electron chi connectivity index (χ1n) is 6.23. The van der Waals surface area contributed by atoms with Gasteiger partial charge in [-0.15, -0.1) is 0 Å². The summed E-state index contributed by atoms with van der Waals surface area (Å²) in [7, 11) is -2.89. The first-order chi connectivity index (χ1) is 8.35. The van der Waals surface area contributed by atoms with Gasteiger partial charge >= 0.3 is 0 Å². The lowest BCUT2D eigenvalue weighted by Crippen LogP contribution is -2.21. The molecule has 2 N–H and O–H groups in total. The number of sulfone groups is 1. The van der Waals surface area contributed by atoms with E-state index in [9.17, 15) is 8.42 Å². The molecule has 0 aliphatic heterocycles. The minimum Gasteiger partial charge on any atom is -0.334 e. The number of rotatable bonds is 7. The highest BCUT2D eigenvalue weighted by molar-refractivity contribution is 7.90. The zero-order valence-electron chi connectivity index (χ0n) is 11.3. The third-order valence-electron chi connectivity index (χ3n) is 3.10. The van der Waals surface area contributed by atoms with Crippen molar-refractivity contribution >= 4 is 9.84 Å². The summed E-state index contributed by atoms with van der Waals surface area (Å²) in [5.74, 6) is 0.922. The van der Waals surface area contributed by atoms with Crippen molar-refractivity contribution in [1.29, 1.82) is 0 Å². The Morgan fingerprint density at radius 3 is 2.61 bits per heavy atom. The van der Waals surface area contributed by atoms with Gasteiger partial charge in [-0.25, -0.2) is 13.4 Å². The summed E-state index contributed by atoms with van der Waals surface area (Å²) in [6.45, 7) is 5.51. The molecule has 5 nitrogen and oxygen atoms in total. The van der Waals surface area contributed by atoms with Crippen molar-refractivity contribution in [3.63, 3.8) is 0 Å². The van der Waals surface area contributed by atoms with Crippen molar-refractivity contribution in [2.45, 2.75) is 32.7 Å². The zero-order valence-corrected chi connectivity index (χ0v) is 12.2. The Morgan fingerprint density at radius 1 is 1.44 bits per heavy atom. The minimum atomic E-state index is -2.89. The monoisotopic (exact) mass is 273 g/mol. The number of aryl methyl sites for hydroxylation is 1.